The molecule has 7 nitrogen and oxygen atoms in total. The van der Waals surface area contributed by atoms with Gasteiger partial charge in [0.05, 0.1) is 38.5 Å². The number of hydrogen-bond acceptors (Lipinski definition) is 5. The van der Waals surface area contributed by atoms with Crippen molar-refractivity contribution < 1.29 is 23.8 Å². The summed E-state index contributed by atoms with van der Waals surface area (Å²) < 4.78 is 17.2. The highest BCUT2D eigenvalue weighted by Gasteiger charge is 2.36. The smallest absolute Gasteiger partial charge is 0.265 e. The van der Waals surface area contributed by atoms with Gasteiger partial charge in [-0.05, 0) is 35.2 Å². The van der Waals surface area contributed by atoms with Gasteiger partial charge >= 0.3 is 0 Å². The van der Waals surface area contributed by atoms with E-state index in [4.69, 9.17) is 14.2 Å². The van der Waals surface area contributed by atoms with Crippen LogP contribution < -0.4 is 14.4 Å². The van der Waals surface area contributed by atoms with E-state index >= 15 is 0 Å². The van der Waals surface area contributed by atoms with Crippen LogP contribution in [-0.4, -0.2) is 62.3 Å². The fourth-order valence-corrected chi connectivity index (χ4v) is 4.03. The van der Waals surface area contributed by atoms with E-state index in [1.165, 1.54) is 5.56 Å². The highest BCUT2D eigenvalue weighted by Crippen LogP contribution is 2.34. The molecule has 2 aromatic carbocycles. The van der Waals surface area contributed by atoms with Crippen LogP contribution in [0.1, 0.15) is 32.8 Å². The quantitative estimate of drug-likeness (QED) is 0.696. The van der Waals surface area contributed by atoms with Gasteiger partial charge < -0.3 is 24.0 Å². The molecular formula is C26H32N2O5. The summed E-state index contributed by atoms with van der Waals surface area (Å²) in [7, 11) is 0. The largest absolute Gasteiger partial charge is 0.493 e. The van der Waals surface area contributed by atoms with Crippen molar-refractivity contribution in [3.05, 3.63) is 54.1 Å². The predicted octanol–water partition coefficient (Wildman–Crippen LogP) is 3.41. The van der Waals surface area contributed by atoms with Gasteiger partial charge in [0, 0.05) is 13.1 Å². The van der Waals surface area contributed by atoms with Crippen LogP contribution in [-0.2, 0) is 19.7 Å². The molecule has 2 amide bonds. The molecule has 1 atom stereocenters. The Hall–Kier alpha value is -3.06. The van der Waals surface area contributed by atoms with Crippen LogP contribution in [0.4, 0.5) is 5.69 Å². The molecule has 2 aliphatic heterocycles. The minimum absolute atomic E-state index is 0.0768. The lowest BCUT2D eigenvalue weighted by Gasteiger charge is -2.37. The maximum atomic E-state index is 13.1. The monoisotopic (exact) mass is 452 g/mol. The number of benzene rings is 2. The maximum absolute atomic E-state index is 13.1. The van der Waals surface area contributed by atoms with Crippen LogP contribution in [0.25, 0.3) is 0 Å². The number of anilines is 1. The molecule has 1 unspecified atom stereocenters. The van der Waals surface area contributed by atoms with Crippen molar-refractivity contribution in [2.75, 3.05) is 44.4 Å². The molecular weight excluding hydrogens is 420 g/mol. The van der Waals surface area contributed by atoms with Crippen molar-refractivity contribution in [3.63, 3.8) is 0 Å². The maximum Gasteiger partial charge on any atom is 0.265 e. The number of carbonyl (C=O) groups excluding carboxylic acids is 2. The number of carbonyl (C=O) groups is 2. The summed E-state index contributed by atoms with van der Waals surface area (Å²) in [5, 5.41) is 0. The summed E-state index contributed by atoms with van der Waals surface area (Å²) >= 11 is 0. The molecule has 0 saturated carbocycles. The zero-order valence-electron chi connectivity index (χ0n) is 19.6. The van der Waals surface area contributed by atoms with Gasteiger partial charge in [-0.2, -0.15) is 0 Å². The Kier molecular flexibility index (Phi) is 6.88. The molecule has 2 aliphatic rings. The second-order valence-corrected chi connectivity index (χ2v) is 9.39. The van der Waals surface area contributed by atoms with Gasteiger partial charge in [0.1, 0.15) is 11.5 Å². The van der Waals surface area contributed by atoms with Crippen molar-refractivity contribution in [2.45, 2.75) is 38.7 Å². The number of nitrogens with zero attached hydrogens (tertiary/aromatic N) is 2. The van der Waals surface area contributed by atoms with Crippen LogP contribution in [0, 0.1) is 0 Å². The fraction of sp³-hybridized carbons (Fsp3) is 0.462. The van der Waals surface area contributed by atoms with E-state index in [-0.39, 0.29) is 36.8 Å². The van der Waals surface area contributed by atoms with Crippen LogP contribution in [0.5, 0.6) is 11.5 Å². The first kappa shape index (κ1) is 23.1. The molecule has 176 valence electrons. The van der Waals surface area contributed by atoms with Gasteiger partial charge in [-0.15, -0.1) is 0 Å². The van der Waals surface area contributed by atoms with E-state index in [9.17, 15) is 9.59 Å². The first-order chi connectivity index (χ1) is 15.8. The molecule has 4 rings (SSSR count). The molecule has 0 aliphatic carbocycles. The molecule has 1 saturated heterocycles. The third-order valence-electron chi connectivity index (χ3n) is 5.98. The first-order valence-electron chi connectivity index (χ1n) is 11.5. The number of fused-ring (bicyclic) bond motifs is 1. The highest BCUT2D eigenvalue weighted by molar-refractivity contribution is 5.97. The minimum atomic E-state index is -0.729. The molecule has 2 heterocycles. The molecule has 33 heavy (non-hydrogen) atoms. The summed E-state index contributed by atoms with van der Waals surface area (Å²) in [6.07, 6.45) is -0.527. The Morgan fingerprint density at radius 1 is 1.03 bits per heavy atom. The lowest BCUT2D eigenvalue weighted by atomic mass is 9.87. The third kappa shape index (κ3) is 5.47. The second-order valence-electron chi connectivity index (χ2n) is 9.39. The van der Waals surface area contributed by atoms with Crippen LogP contribution >= 0.6 is 0 Å². The number of rotatable bonds is 5. The Bertz CT molecular complexity index is 977. The fourth-order valence-electron chi connectivity index (χ4n) is 4.03. The van der Waals surface area contributed by atoms with Crippen LogP contribution in [0.3, 0.4) is 0 Å². The first-order valence-corrected chi connectivity index (χ1v) is 11.5. The topological polar surface area (TPSA) is 68.3 Å². The van der Waals surface area contributed by atoms with Gasteiger partial charge in [-0.3, -0.25) is 9.59 Å². The van der Waals surface area contributed by atoms with Gasteiger partial charge in [-0.25, -0.2) is 0 Å². The van der Waals surface area contributed by atoms with Gasteiger partial charge in [0.25, 0.3) is 5.91 Å². The number of morpholine rings is 1. The Morgan fingerprint density at radius 2 is 1.73 bits per heavy atom. The number of amides is 2. The number of hydrogen-bond donors (Lipinski definition) is 0. The van der Waals surface area contributed by atoms with Crippen molar-refractivity contribution in [1.82, 2.24) is 4.90 Å². The Balaban J connectivity index is 1.39. The Morgan fingerprint density at radius 3 is 2.42 bits per heavy atom. The van der Waals surface area contributed by atoms with Gasteiger partial charge in [0.15, 0.2) is 6.10 Å². The minimum Gasteiger partial charge on any atom is -0.493 e. The van der Waals surface area contributed by atoms with Crippen molar-refractivity contribution in [3.8, 4) is 11.5 Å². The predicted molar refractivity (Wildman–Crippen MR) is 126 cm³/mol. The summed E-state index contributed by atoms with van der Waals surface area (Å²) in [4.78, 5) is 29.5. The molecule has 0 radical (unpaired) electrons. The average Bonchev–Trinajstić information content (AvgIpc) is 2.83. The third-order valence-corrected chi connectivity index (χ3v) is 5.98. The normalized spacial score (nSPS) is 18.3. The lowest BCUT2D eigenvalue weighted by Crippen LogP contribution is -2.54. The molecule has 7 heteroatoms. The number of para-hydroxylation sites is 2. The van der Waals surface area contributed by atoms with E-state index in [1.807, 2.05) is 30.3 Å². The SMILES string of the molecule is CC(C)(C)c1ccc(OCCC(=O)N2CC(C(=O)N3CCOCC3)Oc3ccccc32)cc1. The van der Waals surface area contributed by atoms with E-state index in [0.29, 0.717) is 37.7 Å². The molecule has 2 aromatic rings. The van der Waals surface area contributed by atoms with Crippen LogP contribution in [0.15, 0.2) is 48.5 Å². The molecule has 0 bridgehead atoms. The summed E-state index contributed by atoms with van der Waals surface area (Å²) in [6, 6.07) is 15.3. The van der Waals surface area contributed by atoms with Crippen LogP contribution in [0.2, 0.25) is 0 Å². The molecule has 0 N–H and O–H groups in total. The van der Waals surface area contributed by atoms with Gasteiger partial charge in [-0.1, -0.05) is 45.0 Å². The van der Waals surface area contributed by atoms with Crippen molar-refractivity contribution in [2.24, 2.45) is 0 Å². The van der Waals surface area contributed by atoms with E-state index in [0.717, 1.165) is 5.75 Å². The standard InChI is InChI=1S/C26H32N2O5/c1-26(2,3)19-8-10-20(11-9-19)32-15-12-24(29)28-18-23(25(30)27-13-16-31-17-14-27)33-22-7-5-4-6-21(22)28/h4-11,23H,12-18H2,1-3H3. The summed E-state index contributed by atoms with van der Waals surface area (Å²) in [5.74, 6) is 1.07. The molecule has 0 spiro atoms. The van der Waals surface area contributed by atoms with E-state index < -0.39 is 6.10 Å². The molecule has 0 aromatic heterocycles. The lowest BCUT2D eigenvalue weighted by molar-refractivity contribution is -0.142. The molecule has 1 fully saturated rings. The average molecular weight is 453 g/mol. The second kappa shape index (κ2) is 9.83. The Labute approximate surface area is 195 Å². The van der Waals surface area contributed by atoms with E-state index in [1.54, 1.807) is 15.9 Å². The zero-order chi connectivity index (χ0) is 23.4. The zero-order valence-corrected chi connectivity index (χ0v) is 19.6. The number of ether oxygens (including phenoxy) is 3. The van der Waals surface area contributed by atoms with Crippen molar-refractivity contribution in [1.29, 1.82) is 0 Å². The van der Waals surface area contributed by atoms with E-state index in [2.05, 4.69) is 32.9 Å². The summed E-state index contributed by atoms with van der Waals surface area (Å²) in [6.45, 7) is 9.06. The highest BCUT2D eigenvalue weighted by atomic mass is 16.5. The van der Waals surface area contributed by atoms with Crippen molar-refractivity contribution >= 4 is 17.5 Å². The van der Waals surface area contributed by atoms with Gasteiger partial charge in [0.2, 0.25) is 5.91 Å². The summed E-state index contributed by atoms with van der Waals surface area (Å²) in [5.41, 5.74) is 1.99.